The van der Waals surface area contributed by atoms with Crippen LogP contribution in [0.1, 0.15) is 38.5 Å². The van der Waals surface area contributed by atoms with Crippen LogP contribution in [0, 0.1) is 0 Å². The molecule has 1 unspecified atom stereocenters. The minimum Gasteiger partial charge on any atom is -0.377 e. The third-order valence-corrected chi connectivity index (χ3v) is 5.57. The van der Waals surface area contributed by atoms with Crippen LogP contribution in [0.5, 0.6) is 0 Å². The highest BCUT2D eigenvalue weighted by Crippen LogP contribution is 2.34. The fourth-order valence-corrected chi connectivity index (χ4v) is 4.07. The molecule has 0 amide bonds. The molecule has 0 spiro atoms. The van der Waals surface area contributed by atoms with Gasteiger partial charge in [-0.25, -0.2) is 13.1 Å². The number of piperidine rings is 1. The summed E-state index contributed by atoms with van der Waals surface area (Å²) in [5.41, 5.74) is -0.243. The van der Waals surface area contributed by atoms with Gasteiger partial charge in [-0.3, -0.25) is 0 Å². The topological polar surface area (TPSA) is 67.4 Å². The van der Waals surface area contributed by atoms with Gasteiger partial charge in [-0.2, -0.15) is 0 Å². The van der Waals surface area contributed by atoms with E-state index in [-0.39, 0.29) is 17.4 Å². The van der Waals surface area contributed by atoms with E-state index in [1.807, 2.05) is 0 Å². The largest absolute Gasteiger partial charge is 0.377 e. The molecule has 2 N–H and O–H groups in total. The van der Waals surface area contributed by atoms with E-state index in [1.54, 1.807) is 7.11 Å². The molecule has 2 aliphatic rings. The molecular formula is C12H24N2O3S. The van der Waals surface area contributed by atoms with E-state index in [4.69, 9.17) is 4.74 Å². The fourth-order valence-electron chi connectivity index (χ4n) is 2.66. The molecule has 1 saturated heterocycles. The molecule has 1 aliphatic carbocycles. The lowest BCUT2D eigenvalue weighted by Gasteiger charge is -2.40. The Balaban J connectivity index is 1.79. The summed E-state index contributed by atoms with van der Waals surface area (Å²) in [6.07, 6.45) is 6.25. The van der Waals surface area contributed by atoms with Gasteiger partial charge in [0.05, 0.1) is 11.4 Å². The van der Waals surface area contributed by atoms with Crippen LogP contribution in [0.2, 0.25) is 0 Å². The highest BCUT2D eigenvalue weighted by Gasteiger charge is 2.38. The zero-order chi connectivity index (χ0) is 13.1. The summed E-state index contributed by atoms with van der Waals surface area (Å²) in [5.74, 6) is 0.187. The van der Waals surface area contributed by atoms with Crippen LogP contribution < -0.4 is 10.0 Å². The summed E-state index contributed by atoms with van der Waals surface area (Å²) in [5, 5.41) is 3.26. The Morgan fingerprint density at radius 3 is 2.61 bits per heavy atom. The zero-order valence-electron chi connectivity index (χ0n) is 11.1. The highest BCUT2D eigenvalue weighted by molar-refractivity contribution is 7.89. The van der Waals surface area contributed by atoms with Crippen molar-refractivity contribution in [2.24, 2.45) is 0 Å². The van der Waals surface area contributed by atoms with E-state index in [0.29, 0.717) is 6.54 Å². The number of nitrogens with one attached hydrogen (secondary N) is 2. The van der Waals surface area contributed by atoms with Gasteiger partial charge < -0.3 is 10.1 Å². The Hall–Kier alpha value is -0.170. The van der Waals surface area contributed by atoms with Crippen molar-refractivity contribution in [3.8, 4) is 0 Å². The molecule has 0 aromatic carbocycles. The summed E-state index contributed by atoms with van der Waals surface area (Å²) in [4.78, 5) is 0. The van der Waals surface area contributed by atoms with Crippen LogP contribution in [0.3, 0.4) is 0 Å². The molecule has 1 saturated carbocycles. The van der Waals surface area contributed by atoms with Crippen LogP contribution in [-0.2, 0) is 14.8 Å². The van der Waals surface area contributed by atoms with Gasteiger partial charge >= 0.3 is 0 Å². The molecule has 0 aromatic heterocycles. The monoisotopic (exact) mass is 276 g/mol. The summed E-state index contributed by atoms with van der Waals surface area (Å²) in [6, 6.07) is 0.108. The summed E-state index contributed by atoms with van der Waals surface area (Å²) < 4.78 is 32.1. The van der Waals surface area contributed by atoms with Crippen LogP contribution in [0.4, 0.5) is 0 Å². The summed E-state index contributed by atoms with van der Waals surface area (Å²) in [6.45, 7) is 1.35. The Bertz CT molecular complexity index is 354. The maximum Gasteiger partial charge on any atom is 0.213 e. The average molecular weight is 276 g/mol. The first-order chi connectivity index (χ1) is 8.55. The molecule has 1 atom stereocenters. The van der Waals surface area contributed by atoms with Crippen molar-refractivity contribution in [3.05, 3.63) is 0 Å². The average Bonchev–Trinajstić information content (AvgIpc) is 2.29. The smallest absolute Gasteiger partial charge is 0.213 e. The van der Waals surface area contributed by atoms with Gasteiger partial charge in [0, 0.05) is 19.7 Å². The fraction of sp³-hybridized carbons (Fsp3) is 1.00. The van der Waals surface area contributed by atoms with Crippen molar-refractivity contribution in [2.45, 2.75) is 50.2 Å². The number of hydrogen-bond donors (Lipinski definition) is 2. The van der Waals surface area contributed by atoms with E-state index in [9.17, 15) is 8.42 Å². The van der Waals surface area contributed by atoms with Crippen molar-refractivity contribution in [1.29, 1.82) is 0 Å². The van der Waals surface area contributed by atoms with Crippen molar-refractivity contribution >= 4 is 10.0 Å². The molecule has 0 bridgehead atoms. The molecule has 1 heterocycles. The van der Waals surface area contributed by atoms with E-state index in [1.165, 1.54) is 0 Å². The number of methoxy groups -OCH3 is 1. The zero-order valence-corrected chi connectivity index (χ0v) is 11.9. The molecule has 6 heteroatoms. The second kappa shape index (κ2) is 5.86. The predicted molar refractivity (Wildman–Crippen MR) is 71.0 cm³/mol. The molecule has 1 aliphatic heterocycles. The van der Waals surface area contributed by atoms with Gasteiger partial charge in [0.2, 0.25) is 10.0 Å². The van der Waals surface area contributed by atoms with Crippen LogP contribution in [0.25, 0.3) is 0 Å². The minimum atomic E-state index is -3.19. The number of rotatable bonds is 6. The van der Waals surface area contributed by atoms with Gasteiger partial charge in [0.1, 0.15) is 0 Å². The highest BCUT2D eigenvalue weighted by atomic mass is 32.2. The molecular weight excluding hydrogens is 252 g/mol. The first-order valence-corrected chi connectivity index (χ1v) is 8.46. The van der Waals surface area contributed by atoms with Crippen LogP contribution >= 0.6 is 0 Å². The number of hydrogen-bond acceptors (Lipinski definition) is 4. The van der Waals surface area contributed by atoms with Gasteiger partial charge in [-0.1, -0.05) is 6.42 Å². The van der Waals surface area contributed by atoms with E-state index in [0.717, 1.165) is 45.1 Å². The third kappa shape index (κ3) is 3.66. The van der Waals surface area contributed by atoms with Gasteiger partial charge in [-0.05, 0) is 38.6 Å². The summed E-state index contributed by atoms with van der Waals surface area (Å²) >= 11 is 0. The van der Waals surface area contributed by atoms with Crippen molar-refractivity contribution in [2.75, 3.05) is 26.0 Å². The van der Waals surface area contributed by atoms with Gasteiger partial charge in [0.15, 0.2) is 0 Å². The molecule has 106 valence electrons. The maximum atomic E-state index is 12.0. The summed E-state index contributed by atoms with van der Waals surface area (Å²) in [7, 11) is -1.53. The quantitative estimate of drug-likeness (QED) is 0.746. The molecule has 2 fully saturated rings. The van der Waals surface area contributed by atoms with Crippen molar-refractivity contribution in [1.82, 2.24) is 10.0 Å². The van der Waals surface area contributed by atoms with Crippen LogP contribution in [0.15, 0.2) is 0 Å². The van der Waals surface area contributed by atoms with E-state index >= 15 is 0 Å². The standard InChI is InChI=1S/C12H24N2O3S/c1-17-12(6-4-7-12)10-14-18(15,16)9-11-5-2-3-8-13-11/h11,13-14H,2-10H2,1H3. The minimum absolute atomic E-state index is 0.108. The van der Waals surface area contributed by atoms with Gasteiger partial charge in [-0.15, -0.1) is 0 Å². The normalized spacial score (nSPS) is 27.7. The Morgan fingerprint density at radius 2 is 2.11 bits per heavy atom. The second-order valence-electron chi connectivity index (χ2n) is 5.49. The molecule has 0 radical (unpaired) electrons. The Morgan fingerprint density at radius 1 is 1.33 bits per heavy atom. The lowest BCUT2D eigenvalue weighted by atomic mass is 9.80. The molecule has 5 nitrogen and oxygen atoms in total. The predicted octanol–water partition coefficient (Wildman–Crippen LogP) is 0.617. The van der Waals surface area contributed by atoms with Crippen LogP contribution in [-0.4, -0.2) is 46.0 Å². The SMILES string of the molecule is COC1(CNS(=O)(=O)CC2CCCCN2)CCC1. The lowest BCUT2D eigenvalue weighted by Crippen LogP contribution is -2.51. The third-order valence-electron chi connectivity index (χ3n) is 4.15. The van der Waals surface area contributed by atoms with Crippen molar-refractivity contribution < 1.29 is 13.2 Å². The molecule has 0 aromatic rings. The number of sulfonamides is 1. The Labute approximate surface area is 110 Å². The van der Waals surface area contributed by atoms with E-state index < -0.39 is 10.0 Å². The lowest BCUT2D eigenvalue weighted by molar-refractivity contribution is -0.0659. The van der Waals surface area contributed by atoms with E-state index in [2.05, 4.69) is 10.0 Å². The molecule has 2 rings (SSSR count). The Kier molecular flexibility index (Phi) is 4.64. The van der Waals surface area contributed by atoms with Gasteiger partial charge in [0.25, 0.3) is 0 Å². The molecule has 18 heavy (non-hydrogen) atoms. The first kappa shape index (κ1) is 14.2. The second-order valence-corrected chi connectivity index (χ2v) is 7.34. The first-order valence-electron chi connectivity index (χ1n) is 6.81. The van der Waals surface area contributed by atoms with Crippen molar-refractivity contribution in [3.63, 3.8) is 0 Å². The number of ether oxygens (including phenoxy) is 1. The maximum absolute atomic E-state index is 12.0.